The van der Waals surface area contributed by atoms with Crippen LogP contribution < -0.4 is 0 Å². The highest BCUT2D eigenvalue weighted by Crippen LogP contribution is 2.35. The predicted octanol–water partition coefficient (Wildman–Crippen LogP) is 4.45. The van der Waals surface area contributed by atoms with Gasteiger partial charge in [0.1, 0.15) is 11.8 Å². The number of pyridine rings is 1. The summed E-state index contributed by atoms with van der Waals surface area (Å²) in [6, 6.07) is 7.78. The first-order chi connectivity index (χ1) is 11.7. The fourth-order valence-electron chi connectivity index (χ4n) is 2.33. The molecule has 0 aliphatic rings. The van der Waals surface area contributed by atoms with E-state index in [1.54, 1.807) is 6.07 Å². The molecule has 0 spiro atoms. The zero-order valence-electron chi connectivity index (χ0n) is 12.1. The third-order valence-corrected chi connectivity index (χ3v) is 3.72. The van der Waals surface area contributed by atoms with Crippen molar-refractivity contribution in [2.75, 3.05) is 0 Å². The topological polar surface area (TPSA) is 84.2 Å². The second kappa shape index (κ2) is 5.75. The van der Waals surface area contributed by atoms with Gasteiger partial charge < -0.3 is 0 Å². The molecule has 25 heavy (non-hydrogen) atoms. The second-order valence-electron chi connectivity index (χ2n) is 5.00. The number of alkyl halides is 3. The Kier molecular flexibility index (Phi) is 3.85. The van der Waals surface area contributed by atoms with Crippen molar-refractivity contribution in [3.05, 3.63) is 62.9 Å². The van der Waals surface area contributed by atoms with E-state index in [1.165, 1.54) is 24.3 Å². The summed E-state index contributed by atoms with van der Waals surface area (Å²) in [6.45, 7) is 0. The van der Waals surface area contributed by atoms with E-state index in [9.17, 15) is 28.5 Å². The van der Waals surface area contributed by atoms with E-state index in [0.29, 0.717) is 12.3 Å². The zero-order valence-corrected chi connectivity index (χ0v) is 12.8. The van der Waals surface area contributed by atoms with Crippen LogP contribution >= 0.6 is 11.6 Å². The van der Waals surface area contributed by atoms with Gasteiger partial charge in [-0.3, -0.25) is 14.5 Å². The Morgan fingerprint density at radius 1 is 1.32 bits per heavy atom. The average molecular weight is 367 g/mol. The molecule has 0 saturated carbocycles. The number of imidazole rings is 1. The summed E-state index contributed by atoms with van der Waals surface area (Å²) in [6.07, 6.45) is -3.94. The summed E-state index contributed by atoms with van der Waals surface area (Å²) in [5.74, 6) is 0. The largest absolute Gasteiger partial charge is 0.417 e. The first-order valence-electron chi connectivity index (χ1n) is 6.66. The number of rotatable bonds is 2. The van der Waals surface area contributed by atoms with Gasteiger partial charge in [0.05, 0.1) is 15.5 Å². The highest BCUT2D eigenvalue weighted by atomic mass is 35.5. The van der Waals surface area contributed by atoms with E-state index in [1.807, 2.05) is 0 Å². The maximum absolute atomic E-state index is 13.0. The summed E-state index contributed by atoms with van der Waals surface area (Å²) < 4.78 is 39.8. The average Bonchev–Trinajstić information content (AvgIpc) is 2.93. The van der Waals surface area contributed by atoms with Gasteiger partial charge in [-0.15, -0.1) is 0 Å². The standard InChI is InChI=1S/C15H6ClF3N4O2/c16-11-5-9(15(17,18)19)7-22-12(6-20)13(21-14(11)22)8-2-1-3-10(4-8)23(24)25/h1-5,7H. The van der Waals surface area contributed by atoms with Crippen molar-refractivity contribution in [1.82, 2.24) is 9.38 Å². The number of benzene rings is 1. The van der Waals surface area contributed by atoms with Gasteiger partial charge in [0.2, 0.25) is 0 Å². The first-order valence-corrected chi connectivity index (χ1v) is 7.04. The molecule has 1 aromatic carbocycles. The highest BCUT2D eigenvalue weighted by molar-refractivity contribution is 6.33. The van der Waals surface area contributed by atoms with Crippen LogP contribution in [0.2, 0.25) is 5.02 Å². The van der Waals surface area contributed by atoms with Crippen molar-refractivity contribution in [2.45, 2.75) is 6.18 Å². The smallest absolute Gasteiger partial charge is 0.289 e. The van der Waals surface area contributed by atoms with Crippen LogP contribution in [0.3, 0.4) is 0 Å². The molecule has 0 radical (unpaired) electrons. The molecule has 2 aromatic heterocycles. The van der Waals surface area contributed by atoms with E-state index in [0.717, 1.165) is 4.40 Å². The van der Waals surface area contributed by atoms with E-state index < -0.39 is 16.7 Å². The zero-order chi connectivity index (χ0) is 18.4. The summed E-state index contributed by atoms with van der Waals surface area (Å²) in [4.78, 5) is 14.4. The molecule has 10 heteroatoms. The quantitative estimate of drug-likeness (QED) is 0.495. The Morgan fingerprint density at radius 3 is 2.64 bits per heavy atom. The lowest BCUT2D eigenvalue weighted by atomic mass is 10.1. The molecule has 126 valence electrons. The van der Waals surface area contributed by atoms with Gasteiger partial charge in [0, 0.05) is 23.9 Å². The van der Waals surface area contributed by atoms with Crippen molar-refractivity contribution in [1.29, 1.82) is 5.26 Å². The molecule has 0 bridgehead atoms. The number of aromatic nitrogens is 2. The van der Waals surface area contributed by atoms with Crippen LogP contribution in [-0.4, -0.2) is 14.3 Å². The Hall–Kier alpha value is -3.12. The lowest BCUT2D eigenvalue weighted by Gasteiger charge is -2.08. The lowest BCUT2D eigenvalue weighted by molar-refractivity contribution is -0.384. The normalized spacial score (nSPS) is 11.5. The van der Waals surface area contributed by atoms with E-state index in [4.69, 9.17) is 11.6 Å². The third kappa shape index (κ3) is 2.88. The van der Waals surface area contributed by atoms with E-state index >= 15 is 0 Å². The van der Waals surface area contributed by atoms with Crippen LogP contribution in [0.1, 0.15) is 11.3 Å². The molecule has 3 rings (SSSR count). The Morgan fingerprint density at radius 2 is 2.04 bits per heavy atom. The minimum absolute atomic E-state index is 0.00687. The number of halogens is 4. The van der Waals surface area contributed by atoms with Crippen molar-refractivity contribution >= 4 is 22.9 Å². The Bertz CT molecular complexity index is 1050. The lowest BCUT2D eigenvalue weighted by Crippen LogP contribution is -2.07. The van der Waals surface area contributed by atoms with Gasteiger partial charge in [0.25, 0.3) is 5.69 Å². The van der Waals surface area contributed by atoms with Gasteiger partial charge in [-0.25, -0.2) is 4.98 Å². The molecule has 0 amide bonds. The van der Waals surface area contributed by atoms with E-state index in [-0.39, 0.29) is 33.3 Å². The van der Waals surface area contributed by atoms with Crippen molar-refractivity contribution in [3.8, 4) is 17.3 Å². The van der Waals surface area contributed by atoms with Crippen LogP contribution in [0, 0.1) is 21.4 Å². The highest BCUT2D eigenvalue weighted by Gasteiger charge is 2.32. The van der Waals surface area contributed by atoms with Crippen LogP contribution in [0.15, 0.2) is 36.5 Å². The summed E-state index contributed by atoms with van der Waals surface area (Å²) in [5.41, 5.74) is -1.30. The first kappa shape index (κ1) is 16.7. The van der Waals surface area contributed by atoms with Crippen LogP contribution in [0.4, 0.5) is 18.9 Å². The number of hydrogen-bond donors (Lipinski definition) is 0. The predicted molar refractivity (Wildman–Crippen MR) is 82.0 cm³/mol. The van der Waals surface area contributed by atoms with Gasteiger partial charge in [-0.2, -0.15) is 18.4 Å². The van der Waals surface area contributed by atoms with E-state index in [2.05, 4.69) is 4.98 Å². The molecule has 0 fully saturated rings. The molecule has 0 N–H and O–H groups in total. The van der Waals surface area contributed by atoms with Crippen molar-refractivity contribution in [2.24, 2.45) is 0 Å². The molecule has 3 aromatic rings. The van der Waals surface area contributed by atoms with Crippen molar-refractivity contribution in [3.63, 3.8) is 0 Å². The minimum Gasteiger partial charge on any atom is -0.289 e. The molecule has 2 heterocycles. The maximum Gasteiger partial charge on any atom is 0.417 e. The third-order valence-electron chi connectivity index (χ3n) is 3.44. The van der Waals surface area contributed by atoms with Crippen LogP contribution in [-0.2, 0) is 6.18 Å². The Labute approximate surface area is 142 Å². The van der Waals surface area contributed by atoms with Crippen molar-refractivity contribution < 1.29 is 18.1 Å². The van der Waals surface area contributed by atoms with Gasteiger partial charge >= 0.3 is 6.18 Å². The fraction of sp³-hybridized carbons (Fsp3) is 0.0667. The summed E-state index contributed by atoms with van der Waals surface area (Å²) in [7, 11) is 0. The van der Waals surface area contributed by atoms with Gasteiger partial charge in [0.15, 0.2) is 11.3 Å². The van der Waals surface area contributed by atoms with Gasteiger partial charge in [-0.1, -0.05) is 23.7 Å². The molecule has 0 aliphatic heterocycles. The molecule has 0 atom stereocenters. The number of nitrogens with zero attached hydrogens (tertiary/aromatic N) is 4. The van der Waals surface area contributed by atoms with Gasteiger partial charge in [-0.05, 0) is 6.07 Å². The number of hydrogen-bond acceptors (Lipinski definition) is 4. The van der Waals surface area contributed by atoms with Crippen LogP contribution in [0.5, 0.6) is 0 Å². The molecular formula is C15H6ClF3N4O2. The molecule has 6 nitrogen and oxygen atoms in total. The molecule has 0 unspecified atom stereocenters. The number of nitro benzene ring substituents is 1. The SMILES string of the molecule is N#Cc1c(-c2cccc([N+](=O)[O-])c2)nc2c(Cl)cc(C(F)(F)F)cn12. The number of nitro groups is 1. The molecule has 0 aliphatic carbocycles. The fourth-order valence-corrected chi connectivity index (χ4v) is 2.59. The number of nitriles is 1. The number of fused-ring (bicyclic) bond motifs is 1. The summed E-state index contributed by atoms with van der Waals surface area (Å²) >= 11 is 5.88. The Balaban J connectivity index is 2.31. The van der Waals surface area contributed by atoms with Crippen LogP contribution in [0.25, 0.3) is 16.9 Å². The summed E-state index contributed by atoms with van der Waals surface area (Å²) in [5, 5.41) is 20.0. The number of non-ortho nitro benzene ring substituents is 1. The maximum atomic E-state index is 13.0. The monoisotopic (exact) mass is 366 g/mol. The minimum atomic E-state index is -4.65. The molecule has 0 saturated heterocycles. The molecular weight excluding hydrogens is 361 g/mol. The second-order valence-corrected chi connectivity index (χ2v) is 5.40.